The van der Waals surface area contributed by atoms with Crippen LogP contribution in [-0.4, -0.2) is 63.8 Å². The predicted octanol–water partition coefficient (Wildman–Crippen LogP) is 0.358. The Kier molecular flexibility index (Phi) is 3.75. The van der Waals surface area contributed by atoms with Gasteiger partial charge in [0.15, 0.2) is 0 Å². The number of amides is 2. The first kappa shape index (κ1) is 13.1. The third-order valence-corrected chi connectivity index (χ3v) is 3.64. The van der Waals surface area contributed by atoms with Gasteiger partial charge in [-0.3, -0.25) is 0 Å². The number of carbonyl (C=O) groups excluding carboxylic acids is 1. The van der Waals surface area contributed by atoms with Crippen molar-refractivity contribution >= 4 is 12.0 Å². The molecule has 2 aliphatic rings. The molecule has 2 amide bonds. The summed E-state index contributed by atoms with van der Waals surface area (Å²) in [5.74, 6) is -0.466. The molecule has 0 aromatic rings. The van der Waals surface area contributed by atoms with E-state index in [-0.39, 0.29) is 19.0 Å². The molecule has 2 rings (SSSR count). The highest BCUT2D eigenvalue weighted by molar-refractivity contribution is 5.83. The summed E-state index contributed by atoms with van der Waals surface area (Å²) >= 11 is 0. The molecular weight excluding hydrogens is 236 g/mol. The van der Waals surface area contributed by atoms with Crippen LogP contribution < -0.4 is 0 Å². The number of hydrogen-bond acceptors (Lipinski definition) is 3. The number of rotatable bonds is 4. The lowest BCUT2D eigenvalue weighted by Gasteiger charge is -2.29. The largest absolute Gasteiger partial charge is 0.480 e. The molecule has 0 aromatic heterocycles. The van der Waals surface area contributed by atoms with Gasteiger partial charge in [0.1, 0.15) is 6.04 Å². The van der Waals surface area contributed by atoms with Crippen molar-refractivity contribution in [3.05, 3.63) is 0 Å². The average molecular weight is 256 g/mol. The Balaban J connectivity index is 2.02. The number of likely N-dealkylation sites (tertiary alicyclic amines) is 1. The zero-order valence-electron chi connectivity index (χ0n) is 10.6. The number of β-amino-alcohol motifs (C(OH)–C–C–N with tert-alkyl or cyclic N) is 1. The second-order valence-corrected chi connectivity index (χ2v) is 5.16. The molecule has 6 nitrogen and oxygen atoms in total. The van der Waals surface area contributed by atoms with Crippen LogP contribution in [0.15, 0.2) is 0 Å². The van der Waals surface area contributed by atoms with Gasteiger partial charge in [-0.2, -0.15) is 0 Å². The van der Waals surface area contributed by atoms with E-state index >= 15 is 0 Å². The molecule has 0 spiro atoms. The van der Waals surface area contributed by atoms with Crippen molar-refractivity contribution in [1.29, 1.82) is 0 Å². The van der Waals surface area contributed by atoms with Crippen LogP contribution in [0.2, 0.25) is 0 Å². The first-order chi connectivity index (χ1) is 8.52. The van der Waals surface area contributed by atoms with Crippen LogP contribution in [0.3, 0.4) is 0 Å². The Morgan fingerprint density at radius 1 is 1.39 bits per heavy atom. The summed E-state index contributed by atoms with van der Waals surface area (Å²) in [6, 6.07) is -1.14. The second-order valence-electron chi connectivity index (χ2n) is 5.16. The third-order valence-electron chi connectivity index (χ3n) is 3.64. The van der Waals surface area contributed by atoms with E-state index in [2.05, 4.69) is 0 Å². The minimum Gasteiger partial charge on any atom is -0.480 e. The maximum Gasteiger partial charge on any atom is 0.326 e. The Morgan fingerprint density at radius 3 is 2.56 bits per heavy atom. The van der Waals surface area contributed by atoms with E-state index in [4.69, 9.17) is 5.11 Å². The zero-order valence-corrected chi connectivity index (χ0v) is 10.6. The molecule has 1 saturated heterocycles. The molecule has 2 fully saturated rings. The lowest BCUT2D eigenvalue weighted by Crippen LogP contribution is -2.48. The van der Waals surface area contributed by atoms with Crippen molar-refractivity contribution < 1.29 is 19.8 Å². The quantitative estimate of drug-likeness (QED) is 0.761. The normalized spacial score (nSPS) is 27.3. The van der Waals surface area contributed by atoms with Gasteiger partial charge < -0.3 is 20.0 Å². The molecule has 1 aliphatic carbocycles. The van der Waals surface area contributed by atoms with Crippen molar-refractivity contribution in [2.45, 2.75) is 38.3 Å². The molecule has 2 unspecified atom stereocenters. The minimum atomic E-state index is -1.04. The average Bonchev–Trinajstić information content (AvgIpc) is 3.05. The molecule has 18 heavy (non-hydrogen) atoms. The highest BCUT2D eigenvalue weighted by Crippen LogP contribution is 2.30. The van der Waals surface area contributed by atoms with Gasteiger partial charge in [0, 0.05) is 26.1 Å². The van der Waals surface area contributed by atoms with E-state index in [1.807, 2.05) is 6.92 Å². The number of aliphatic hydroxyl groups excluding tert-OH is 1. The molecule has 6 heteroatoms. The minimum absolute atomic E-state index is 0.122. The number of aliphatic carboxylic acids is 1. The molecule has 2 N–H and O–H groups in total. The van der Waals surface area contributed by atoms with E-state index in [0.717, 1.165) is 12.8 Å². The fourth-order valence-electron chi connectivity index (χ4n) is 2.40. The monoisotopic (exact) mass is 256 g/mol. The highest BCUT2D eigenvalue weighted by atomic mass is 16.4. The Bertz CT molecular complexity index is 343. The molecule has 0 bridgehead atoms. The first-order valence-corrected chi connectivity index (χ1v) is 6.49. The standard InChI is InChI=1S/C12H20N2O4/c1-2-13(6-8-3-4-8)12(18)14-7-9(15)5-10(14)11(16)17/h8-10,15H,2-7H2,1H3,(H,16,17). The van der Waals surface area contributed by atoms with Gasteiger partial charge in [0.05, 0.1) is 6.10 Å². The Hall–Kier alpha value is -1.30. The van der Waals surface area contributed by atoms with E-state index in [0.29, 0.717) is 19.0 Å². The number of urea groups is 1. The SMILES string of the molecule is CCN(CC1CC1)C(=O)N1CC(O)CC1C(=O)O. The summed E-state index contributed by atoms with van der Waals surface area (Å²) in [6.07, 6.45) is 1.70. The first-order valence-electron chi connectivity index (χ1n) is 6.49. The van der Waals surface area contributed by atoms with Crippen LogP contribution in [0, 0.1) is 5.92 Å². The molecule has 1 saturated carbocycles. The van der Waals surface area contributed by atoms with Crippen LogP contribution in [-0.2, 0) is 4.79 Å². The summed E-state index contributed by atoms with van der Waals surface area (Å²) in [6.45, 7) is 3.29. The highest BCUT2D eigenvalue weighted by Gasteiger charge is 2.41. The van der Waals surface area contributed by atoms with E-state index in [1.54, 1.807) is 4.90 Å². The number of carboxylic acid groups (broad SMARTS) is 1. The lowest BCUT2D eigenvalue weighted by atomic mass is 10.2. The number of nitrogens with zero attached hydrogens (tertiary/aromatic N) is 2. The van der Waals surface area contributed by atoms with Crippen LogP contribution >= 0.6 is 0 Å². The number of carboxylic acids is 1. The van der Waals surface area contributed by atoms with Crippen molar-refractivity contribution in [3.8, 4) is 0 Å². The number of hydrogen-bond donors (Lipinski definition) is 2. The maximum absolute atomic E-state index is 12.3. The second kappa shape index (κ2) is 5.14. The zero-order chi connectivity index (χ0) is 13.3. The van der Waals surface area contributed by atoms with Crippen molar-refractivity contribution in [2.75, 3.05) is 19.6 Å². The molecule has 1 aliphatic heterocycles. The smallest absolute Gasteiger partial charge is 0.326 e. The van der Waals surface area contributed by atoms with Crippen LogP contribution in [0.5, 0.6) is 0 Å². The van der Waals surface area contributed by atoms with E-state index in [9.17, 15) is 14.7 Å². The molecule has 102 valence electrons. The van der Waals surface area contributed by atoms with Crippen molar-refractivity contribution in [1.82, 2.24) is 9.80 Å². The molecule has 2 atom stereocenters. The third kappa shape index (κ3) is 2.75. The topological polar surface area (TPSA) is 81.1 Å². The fraction of sp³-hybridized carbons (Fsp3) is 0.833. The molecular formula is C12H20N2O4. The van der Waals surface area contributed by atoms with Crippen LogP contribution in [0.1, 0.15) is 26.2 Å². The summed E-state index contributed by atoms with van der Waals surface area (Å²) in [7, 11) is 0. The van der Waals surface area contributed by atoms with Gasteiger partial charge in [-0.1, -0.05) is 0 Å². The fourth-order valence-corrected chi connectivity index (χ4v) is 2.40. The molecule has 0 radical (unpaired) electrons. The van der Waals surface area contributed by atoms with Crippen LogP contribution in [0.25, 0.3) is 0 Å². The summed E-state index contributed by atoms with van der Waals surface area (Å²) < 4.78 is 0. The van der Waals surface area contributed by atoms with Crippen molar-refractivity contribution in [2.24, 2.45) is 5.92 Å². The molecule has 1 heterocycles. The number of aliphatic hydroxyl groups is 1. The van der Waals surface area contributed by atoms with Gasteiger partial charge >= 0.3 is 12.0 Å². The van der Waals surface area contributed by atoms with Crippen molar-refractivity contribution in [3.63, 3.8) is 0 Å². The van der Waals surface area contributed by atoms with Crippen LogP contribution in [0.4, 0.5) is 4.79 Å². The Morgan fingerprint density at radius 2 is 2.06 bits per heavy atom. The van der Waals surface area contributed by atoms with Gasteiger partial charge in [-0.05, 0) is 25.7 Å². The predicted molar refractivity (Wildman–Crippen MR) is 64.1 cm³/mol. The Labute approximate surface area is 106 Å². The lowest BCUT2D eigenvalue weighted by molar-refractivity contribution is -0.141. The maximum atomic E-state index is 12.3. The number of carbonyl (C=O) groups is 2. The molecule has 0 aromatic carbocycles. The van der Waals surface area contributed by atoms with E-state index in [1.165, 1.54) is 4.90 Å². The van der Waals surface area contributed by atoms with Gasteiger partial charge in [0.25, 0.3) is 0 Å². The summed E-state index contributed by atoms with van der Waals surface area (Å²) in [4.78, 5) is 26.3. The van der Waals surface area contributed by atoms with Gasteiger partial charge in [0.2, 0.25) is 0 Å². The van der Waals surface area contributed by atoms with Gasteiger partial charge in [-0.15, -0.1) is 0 Å². The summed E-state index contributed by atoms with van der Waals surface area (Å²) in [5, 5.41) is 18.6. The van der Waals surface area contributed by atoms with E-state index < -0.39 is 18.1 Å². The van der Waals surface area contributed by atoms with Gasteiger partial charge in [-0.25, -0.2) is 9.59 Å². The summed E-state index contributed by atoms with van der Waals surface area (Å²) in [5.41, 5.74) is 0.